The van der Waals surface area contributed by atoms with Crippen LogP contribution in [-0.4, -0.2) is 47.5 Å². The van der Waals surface area contributed by atoms with Gasteiger partial charge in [0.05, 0.1) is 13.2 Å². The van der Waals surface area contributed by atoms with Gasteiger partial charge in [0.2, 0.25) is 0 Å². The summed E-state index contributed by atoms with van der Waals surface area (Å²) in [5.74, 6) is 0.175. The number of β-amino-alcohol motifs (C(OH)–C–C–N with tert-alkyl or cyclic N) is 1. The van der Waals surface area contributed by atoms with E-state index in [1.165, 1.54) is 19.4 Å². The molecule has 0 bridgehead atoms. The Kier molecular flexibility index (Phi) is 4.54. The van der Waals surface area contributed by atoms with Gasteiger partial charge in [0.15, 0.2) is 5.82 Å². The second kappa shape index (κ2) is 6.60. The lowest BCUT2D eigenvalue weighted by molar-refractivity contribution is -0.121. The van der Waals surface area contributed by atoms with Crippen molar-refractivity contribution in [1.82, 2.24) is 9.88 Å². The normalized spacial score (nSPS) is 17.4. The first-order valence-electron chi connectivity index (χ1n) is 7.62. The Labute approximate surface area is 133 Å². The summed E-state index contributed by atoms with van der Waals surface area (Å²) in [6, 6.07) is 4.66. The van der Waals surface area contributed by atoms with Crippen molar-refractivity contribution in [3.63, 3.8) is 0 Å². The Morgan fingerprint density at radius 1 is 1.39 bits per heavy atom. The number of aromatic nitrogens is 1. The molecule has 0 saturated carbocycles. The molecule has 1 aromatic heterocycles. The molecule has 23 heavy (non-hydrogen) atoms. The molecule has 1 N–H and O–H groups in total. The van der Waals surface area contributed by atoms with Crippen LogP contribution in [0.4, 0.5) is 4.39 Å². The van der Waals surface area contributed by atoms with Gasteiger partial charge in [-0.1, -0.05) is 0 Å². The minimum Gasteiger partial charge on any atom is -0.497 e. The third-order valence-electron chi connectivity index (χ3n) is 4.25. The van der Waals surface area contributed by atoms with E-state index in [4.69, 9.17) is 4.74 Å². The molecule has 1 fully saturated rings. The zero-order chi connectivity index (χ0) is 16.4. The number of rotatable bonds is 4. The third kappa shape index (κ3) is 3.33. The molecule has 1 aromatic carbocycles. The molecule has 6 heteroatoms. The van der Waals surface area contributed by atoms with Gasteiger partial charge in [-0.15, -0.1) is 0 Å². The number of likely N-dealkylation sites (tertiary alicyclic amines) is 1. The molecule has 122 valence electrons. The fourth-order valence-electron chi connectivity index (χ4n) is 2.94. The highest BCUT2D eigenvalue weighted by Gasteiger charge is 2.21. The second-order valence-electron chi connectivity index (χ2n) is 5.76. The van der Waals surface area contributed by atoms with E-state index in [1.807, 2.05) is 0 Å². The number of halogens is 1. The van der Waals surface area contributed by atoms with Crippen LogP contribution >= 0.6 is 0 Å². The number of fused-ring (bicyclic) bond motifs is 1. The molecule has 2 heterocycles. The van der Waals surface area contributed by atoms with Crippen molar-refractivity contribution < 1.29 is 19.0 Å². The number of pyridine rings is 1. The third-order valence-corrected chi connectivity index (χ3v) is 4.25. The van der Waals surface area contributed by atoms with Crippen LogP contribution in [0, 0.1) is 5.82 Å². The Balaban J connectivity index is 1.89. The van der Waals surface area contributed by atoms with Gasteiger partial charge in [0.25, 0.3) is 0 Å². The number of Topliss-reactive ketones (excluding diaryl/α,β-unsaturated/α-hetero) is 1. The van der Waals surface area contributed by atoms with Gasteiger partial charge in [-0.2, -0.15) is 0 Å². The number of aliphatic hydroxyl groups excluding tert-OH is 1. The van der Waals surface area contributed by atoms with E-state index in [2.05, 4.69) is 9.88 Å². The maximum absolute atomic E-state index is 14.1. The molecule has 1 unspecified atom stereocenters. The quantitative estimate of drug-likeness (QED) is 0.935. The highest BCUT2D eigenvalue weighted by molar-refractivity contribution is 5.84. The number of ether oxygens (including phenoxy) is 1. The highest BCUT2D eigenvalue weighted by atomic mass is 19.1. The van der Waals surface area contributed by atoms with E-state index >= 15 is 0 Å². The SMILES string of the molecule is COc1cc(F)c2nccc(C(O)CN3CCC(=O)CC3)c2c1. The lowest BCUT2D eigenvalue weighted by Gasteiger charge is -2.28. The van der Waals surface area contributed by atoms with Crippen molar-refractivity contribution in [2.24, 2.45) is 0 Å². The Bertz CT molecular complexity index is 725. The summed E-state index contributed by atoms with van der Waals surface area (Å²) in [4.78, 5) is 17.4. The predicted octanol–water partition coefficient (Wildman–Crippen LogP) is 2.08. The monoisotopic (exact) mass is 318 g/mol. The van der Waals surface area contributed by atoms with Crippen molar-refractivity contribution in [3.05, 3.63) is 35.8 Å². The molecule has 1 saturated heterocycles. The molecule has 3 rings (SSSR count). The number of hydrogen-bond donors (Lipinski definition) is 1. The Morgan fingerprint density at radius 3 is 2.83 bits per heavy atom. The molecule has 1 aliphatic rings. The summed E-state index contributed by atoms with van der Waals surface area (Å²) in [5, 5.41) is 11.1. The number of benzene rings is 1. The van der Waals surface area contributed by atoms with Gasteiger partial charge in [0, 0.05) is 50.1 Å². The topological polar surface area (TPSA) is 62.7 Å². The van der Waals surface area contributed by atoms with Crippen LogP contribution in [0.1, 0.15) is 24.5 Å². The molecule has 5 nitrogen and oxygen atoms in total. The summed E-state index contributed by atoms with van der Waals surface area (Å²) in [6.45, 7) is 1.71. The summed E-state index contributed by atoms with van der Waals surface area (Å²) >= 11 is 0. The van der Waals surface area contributed by atoms with E-state index in [0.717, 1.165) is 0 Å². The van der Waals surface area contributed by atoms with Gasteiger partial charge >= 0.3 is 0 Å². The number of carbonyl (C=O) groups is 1. The minimum absolute atomic E-state index is 0.219. The van der Waals surface area contributed by atoms with E-state index in [9.17, 15) is 14.3 Å². The highest BCUT2D eigenvalue weighted by Crippen LogP contribution is 2.29. The van der Waals surface area contributed by atoms with Crippen LogP contribution in [0.3, 0.4) is 0 Å². The molecule has 0 spiro atoms. The second-order valence-corrected chi connectivity index (χ2v) is 5.76. The summed E-state index contributed by atoms with van der Waals surface area (Å²) in [6.07, 6.45) is 1.76. The predicted molar refractivity (Wildman–Crippen MR) is 83.9 cm³/mol. The van der Waals surface area contributed by atoms with E-state index < -0.39 is 11.9 Å². The lowest BCUT2D eigenvalue weighted by atomic mass is 10.0. The van der Waals surface area contributed by atoms with Gasteiger partial charge in [-0.25, -0.2) is 4.39 Å². The van der Waals surface area contributed by atoms with Crippen molar-refractivity contribution in [1.29, 1.82) is 0 Å². The summed E-state index contributed by atoms with van der Waals surface area (Å²) < 4.78 is 19.2. The maximum atomic E-state index is 14.1. The molecule has 0 aliphatic carbocycles. The summed E-state index contributed by atoms with van der Waals surface area (Å²) in [7, 11) is 1.47. The van der Waals surface area contributed by atoms with Crippen molar-refractivity contribution in [2.45, 2.75) is 18.9 Å². The lowest BCUT2D eigenvalue weighted by Crippen LogP contribution is -2.36. The number of carbonyl (C=O) groups excluding carboxylic acids is 1. The molecular weight excluding hydrogens is 299 g/mol. The fraction of sp³-hybridized carbons (Fsp3) is 0.412. The van der Waals surface area contributed by atoms with Gasteiger partial charge in [0.1, 0.15) is 17.0 Å². The minimum atomic E-state index is -0.778. The van der Waals surface area contributed by atoms with Crippen LogP contribution in [0.25, 0.3) is 10.9 Å². The van der Waals surface area contributed by atoms with Gasteiger partial charge < -0.3 is 9.84 Å². The fourth-order valence-corrected chi connectivity index (χ4v) is 2.94. The van der Waals surface area contributed by atoms with Crippen LogP contribution < -0.4 is 4.74 Å². The Morgan fingerprint density at radius 2 is 2.13 bits per heavy atom. The van der Waals surface area contributed by atoms with Crippen molar-refractivity contribution in [2.75, 3.05) is 26.7 Å². The number of ketones is 1. The Hall–Kier alpha value is -2.05. The van der Waals surface area contributed by atoms with E-state index in [0.29, 0.717) is 49.2 Å². The molecule has 1 atom stereocenters. The van der Waals surface area contributed by atoms with Gasteiger partial charge in [-0.05, 0) is 17.7 Å². The van der Waals surface area contributed by atoms with Crippen LogP contribution in [0.5, 0.6) is 5.75 Å². The number of nitrogens with zero attached hydrogens (tertiary/aromatic N) is 2. The average molecular weight is 318 g/mol. The van der Waals surface area contributed by atoms with Crippen molar-refractivity contribution >= 4 is 16.7 Å². The zero-order valence-electron chi connectivity index (χ0n) is 13.0. The van der Waals surface area contributed by atoms with Crippen LogP contribution in [0.15, 0.2) is 24.4 Å². The largest absolute Gasteiger partial charge is 0.497 e. The molecule has 2 aromatic rings. The van der Waals surface area contributed by atoms with Gasteiger partial charge in [-0.3, -0.25) is 14.7 Å². The van der Waals surface area contributed by atoms with E-state index in [1.54, 1.807) is 12.1 Å². The first-order chi connectivity index (χ1) is 11.1. The van der Waals surface area contributed by atoms with Crippen LogP contribution in [0.2, 0.25) is 0 Å². The first-order valence-corrected chi connectivity index (χ1v) is 7.62. The standard InChI is InChI=1S/C17H19FN2O3/c1-23-12-8-14-13(2-5-19-17(14)15(18)9-12)16(22)10-20-6-3-11(21)4-7-20/h2,5,8-9,16,22H,3-4,6-7,10H2,1H3. The molecule has 0 radical (unpaired) electrons. The summed E-state index contributed by atoms with van der Waals surface area (Å²) in [5.41, 5.74) is 0.834. The average Bonchev–Trinajstić information content (AvgIpc) is 2.56. The number of piperidine rings is 1. The van der Waals surface area contributed by atoms with Crippen LogP contribution in [-0.2, 0) is 4.79 Å². The number of hydrogen-bond acceptors (Lipinski definition) is 5. The first kappa shape index (κ1) is 15.8. The zero-order valence-corrected chi connectivity index (χ0v) is 13.0. The molecule has 0 amide bonds. The number of methoxy groups -OCH3 is 1. The molecular formula is C17H19FN2O3. The van der Waals surface area contributed by atoms with E-state index in [-0.39, 0.29) is 11.3 Å². The maximum Gasteiger partial charge on any atom is 0.153 e. The van der Waals surface area contributed by atoms with Crippen molar-refractivity contribution in [3.8, 4) is 5.75 Å². The number of aliphatic hydroxyl groups is 1. The smallest absolute Gasteiger partial charge is 0.153 e. The molecule has 1 aliphatic heterocycles.